The van der Waals surface area contributed by atoms with Crippen molar-refractivity contribution in [3.8, 4) is 0 Å². The van der Waals surface area contributed by atoms with Crippen LogP contribution >= 0.6 is 0 Å². The maximum absolute atomic E-state index is 13.2. The predicted molar refractivity (Wildman–Crippen MR) is 147 cm³/mol. The van der Waals surface area contributed by atoms with Crippen LogP contribution in [0.4, 0.5) is 22.7 Å². The van der Waals surface area contributed by atoms with Gasteiger partial charge in [-0.2, -0.15) is 10.2 Å². The molecule has 0 unspecified atom stereocenters. The molecule has 4 aromatic rings. The van der Waals surface area contributed by atoms with Gasteiger partial charge in [0.05, 0.1) is 22.0 Å². The molecule has 1 saturated heterocycles. The number of benzene rings is 4. The van der Waals surface area contributed by atoms with Gasteiger partial charge in [0.15, 0.2) is 5.84 Å². The highest BCUT2D eigenvalue weighted by molar-refractivity contribution is 7.92. The van der Waals surface area contributed by atoms with Gasteiger partial charge >= 0.3 is 0 Å². The maximum Gasteiger partial charge on any atom is 0.280 e. The van der Waals surface area contributed by atoms with E-state index < -0.39 is 16.1 Å². The van der Waals surface area contributed by atoms with Crippen LogP contribution in [0.15, 0.2) is 129 Å². The lowest BCUT2D eigenvalue weighted by molar-refractivity contribution is -0.117. The van der Waals surface area contributed by atoms with Crippen molar-refractivity contribution in [3.63, 3.8) is 0 Å². The Morgan fingerprint density at radius 2 is 1.42 bits per heavy atom. The van der Waals surface area contributed by atoms with Crippen molar-refractivity contribution in [2.45, 2.75) is 17.9 Å². The average molecular weight is 525 g/mol. The molecule has 5 rings (SSSR count). The number of anilines is 2. The Hall–Kier alpha value is -4.83. The highest BCUT2D eigenvalue weighted by atomic mass is 32.2. The number of amides is 1. The van der Waals surface area contributed by atoms with Gasteiger partial charge in [0.2, 0.25) is 6.04 Å². The minimum absolute atomic E-state index is 0.173. The van der Waals surface area contributed by atoms with E-state index in [9.17, 15) is 13.2 Å². The standard InChI is InChI=1S/C28H24N6O3S/c1-20-12-18-25(19-13-20)38(36,37)33-23-16-14-22(15-17-23)30-31-26-27(29-21-8-4-2-5-9-21)32-34(28(26)35)24-10-6-3-7-11-24/h2-19,26,33H,1H3,(H,29,32)/t26-/m0/s1. The third-order valence-electron chi connectivity index (χ3n) is 5.70. The first-order chi connectivity index (χ1) is 18.4. The number of azo groups is 1. The summed E-state index contributed by atoms with van der Waals surface area (Å²) in [6, 6.07) is 30.4. The predicted octanol–water partition coefficient (Wildman–Crippen LogP) is 5.53. The van der Waals surface area contributed by atoms with Gasteiger partial charge in [-0.15, -0.1) is 0 Å². The zero-order valence-corrected chi connectivity index (χ0v) is 21.2. The zero-order chi connectivity index (χ0) is 26.5. The minimum atomic E-state index is -3.72. The summed E-state index contributed by atoms with van der Waals surface area (Å²) in [6.45, 7) is 1.89. The number of aryl methyl sites for hydroxylation is 1. The fourth-order valence-corrected chi connectivity index (χ4v) is 4.78. The molecule has 38 heavy (non-hydrogen) atoms. The van der Waals surface area contributed by atoms with E-state index in [-0.39, 0.29) is 10.8 Å². The summed E-state index contributed by atoms with van der Waals surface area (Å²) < 4.78 is 27.9. The third kappa shape index (κ3) is 5.60. The number of sulfonamides is 1. The molecule has 0 radical (unpaired) electrons. The molecule has 1 fully saturated rings. The third-order valence-corrected chi connectivity index (χ3v) is 7.10. The number of hydrogen-bond acceptors (Lipinski definition) is 6. The molecule has 1 amide bonds. The number of aliphatic imine (C=N–C) groups is 1. The van der Waals surface area contributed by atoms with E-state index >= 15 is 0 Å². The molecule has 1 aliphatic heterocycles. The van der Waals surface area contributed by atoms with E-state index in [0.717, 1.165) is 5.56 Å². The smallest absolute Gasteiger partial charge is 0.280 e. The Labute approximate surface area is 220 Å². The SMILES string of the molecule is Cc1ccc(S(=O)(=O)Nc2ccc(N=N[C@@H]3C(=O)N(c4ccccc4)NC3=Nc3ccccc3)cc2)cc1. The van der Waals surface area contributed by atoms with Gasteiger partial charge in [-0.1, -0.05) is 54.1 Å². The van der Waals surface area contributed by atoms with Crippen molar-refractivity contribution >= 4 is 44.5 Å². The van der Waals surface area contributed by atoms with Crippen LogP contribution in [0, 0.1) is 6.92 Å². The second kappa shape index (κ2) is 10.7. The topological polar surface area (TPSA) is 116 Å². The normalized spacial score (nSPS) is 16.7. The van der Waals surface area contributed by atoms with Crippen LogP contribution < -0.4 is 15.2 Å². The van der Waals surface area contributed by atoms with Gasteiger partial charge in [-0.25, -0.2) is 18.4 Å². The molecule has 0 aliphatic carbocycles. The number of carbonyl (C=O) groups excluding carboxylic acids is 1. The van der Waals surface area contributed by atoms with E-state index in [0.29, 0.717) is 28.6 Å². The summed E-state index contributed by atoms with van der Waals surface area (Å²) in [4.78, 5) is 18.0. The molecule has 1 aliphatic rings. The minimum Gasteiger partial charge on any atom is -0.280 e. The molecular formula is C28H24N6O3S. The fraction of sp³-hybridized carbons (Fsp3) is 0.0714. The lowest BCUT2D eigenvalue weighted by Gasteiger charge is -2.15. The van der Waals surface area contributed by atoms with Crippen molar-refractivity contribution in [2.24, 2.45) is 15.2 Å². The summed E-state index contributed by atoms with van der Waals surface area (Å²) >= 11 is 0. The van der Waals surface area contributed by atoms with Gasteiger partial charge in [-0.3, -0.25) is 14.9 Å². The highest BCUT2D eigenvalue weighted by Crippen LogP contribution is 2.24. The van der Waals surface area contributed by atoms with E-state index in [1.807, 2.05) is 55.5 Å². The first-order valence-corrected chi connectivity index (χ1v) is 13.3. The number of hydrazine groups is 1. The Bertz CT molecular complexity index is 1590. The van der Waals surface area contributed by atoms with Gasteiger partial charge in [0.25, 0.3) is 15.9 Å². The van der Waals surface area contributed by atoms with E-state index in [4.69, 9.17) is 0 Å². The number of rotatable bonds is 7. The van der Waals surface area contributed by atoms with Crippen LogP contribution in [0.3, 0.4) is 0 Å². The zero-order valence-electron chi connectivity index (χ0n) is 20.4. The average Bonchev–Trinajstić information content (AvgIpc) is 3.24. The van der Waals surface area contributed by atoms with Crippen LogP contribution in [0.2, 0.25) is 0 Å². The van der Waals surface area contributed by atoms with Crippen LogP contribution in [0.1, 0.15) is 5.56 Å². The summed E-state index contributed by atoms with van der Waals surface area (Å²) in [7, 11) is -3.72. The fourth-order valence-electron chi connectivity index (χ4n) is 3.72. The molecule has 0 aromatic heterocycles. The first-order valence-electron chi connectivity index (χ1n) is 11.8. The van der Waals surface area contributed by atoms with Crippen molar-refractivity contribution in [1.29, 1.82) is 0 Å². The summed E-state index contributed by atoms with van der Waals surface area (Å²) in [5, 5.41) is 9.93. The highest BCUT2D eigenvalue weighted by Gasteiger charge is 2.39. The van der Waals surface area contributed by atoms with Crippen molar-refractivity contribution in [3.05, 3.63) is 115 Å². The number of para-hydroxylation sites is 2. The van der Waals surface area contributed by atoms with Gasteiger partial charge in [0.1, 0.15) is 0 Å². The number of amidine groups is 1. The van der Waals surface area contributed by atoms with Crippen molar-refractivity contribution < 1.29 is 13.2 Å². The molecule has 9 nitrogen and oxygen atoms in total. The quantitative estimate of drug-likeness (QED) is 0.309. The number of nitrogens with one attached hydrogen (secondary N) is 2. The molecule has 1 atom stereocenters. The van der Waals surface area contributed by atoms with Gasteiger partial charge in [0, 0.05) is 5.69 Å². The van der Waals surface area contributed by atoms with E-state index in [1.165, 1.54) is 5.01 Å². The van der Waals surface area contributed by atoms with Crippen LogP contribution in [0.5, 0.6) is 0 Å². The summed E-state index contributed by atoms with van der Waals surface area (Å²) in [5.74, 6) is 0.0217. The molecule has 190 valence electrons. The molecule has 4 aromatic carbocycles. The Morgan fingerprint density at radius 3 is 2.08 bits per heavy atom. The van der Waals surface area contributed by atoms with Crippen molar-refractivity contribution in [2.75, 3.05) is 9.73 Å². The Balaban J connectivity index is 1.36. The molecule has 2 N–H and O–H groups in total. The lowest BCUT2D eigenvalue weighted by atomic mass is 10.2. The Kier molecular flexibility index (Phi) is 6.96. The molecular weight excluding hydrogens is 500 g/mol. The molecule has 0 bridgehead atoms. The number of nitrogens with zero attached hydrogens (tertiary/aromatic N) is 4. The summed E-state index contributed by atoms with van der Waals surface area (Å²) in [5.41, 5.74) is 6.17. The van der Waals surface area contributed by atoms with E-state index in [1.54, 1.807) is 60.7 Å². The van der Waals surface area contributed by atoms with Gasteiger partial charge < -0.3 is 0 Å². The van der Waals surface area contributed by atoms with Crippen LogP contribution in [-0.2, 0) is 14.8 Å². The molecule has 1 heterocycles. The molecule has 0 saturated carbocycles. The number of hydrogen-bond donors (Lipinski definition) is 2. The van der Waals surface area contributed by atoms with Gasteiger partial charge in [-0.05, 0) is 67.6 Å². The largest absolute Gasteiger partial charge is 0.280 e. The van der Waals surface area contributed by atoms with Crippen LogP contribution in [0.25, 0.3) is 0 Å². The van der Waals surface area contributed by atoms with E-state index in [2.05, 4.69) is 25.4 Å². The molecule has 10 heteroatoms. The Morgan fingerprint density at radius 1 is 0.789 bits per heavy atom. The first kappa shape index (κ1) is 24.8. The molecule has 0 spiro atoms. The second-order valence-electron chi connectivity index (χ2n) is 8.54. The summed E-state index contributed by atoms with van der Waals surface area (Å²) in [6.07, 6.45) is 0. The lowest BCUT2D eigenvalue weighted by Crippen LogP contribution is -2.35. The van der Waals surface area contributed by atoms with Crippen LogP contribution in [-0.4, -0.2) is 26.2 Å². The monoisotopic (exact) mass is 524 g/mol. The number of carbonyl (C=O) groups is 1. The maximum atomic E-state index is 13.2. The second-order valence-corrected chi connectivity index (χ2v) is 10.2. The van der Waals surface area contributed by atoms with Crippen molar-refractivity contribution in [1.82, 2.24) is 5.43 Å².